The molecule has 1 aromatic heterocycles. The third-order valence-corrected chi connectivity index (χ3v) is 5.24. The molecule has 0 atom stereocenters. The molecule has 0 bridgehead atoms. The third kappa shape index (κ3) is 5.57. The molecule has 0 aliphatic carbocycles. The van der Waals surface area contributed by atoms with Crippen LogP contribution in [0, 0.1) is 19.7 Å². The number of alkyl halides is 3. The molecule has 0 spiro atoms. The van der Waals surface area contributed by atoms with E-state index < -0.39 is 35.1 Å². The van der Waals surface area contributed by atoms with Crippen molar-refractivity contribution in [3.8, 4) is 0 Å². The molecule has 2 aromatic carbocycles. The summed E-state index contributed by atoms with van der Waals surface area (Å²) in [6.07, 6.45) is -4.50. The number of halogens is 4. The van der Waals surface area contributed by atoms with Crippen molar-refractivity contribution in [2.45, 2.75) is 32.9 Å². The number of amides is 2. The van der Waals surface area contributed by atoms with Crippen molar-refractivity contribution < 1.29 is 27.2 Å². The molecule has 2 N–H and O–H groups in total. The van der Waals surface area contributed by atoms with Gasteiger partial charge in [-0.3, -0.25) is 14.3 Å². The zero-order chi connectivity index (χ0) is 24.3. The molecule has 3 aromatic rings. The number of aromatic nitrogens is 2. The van der Waals surface area contributed by atoms with E-state index in [0.29, 0.717) is 12.5 Å². The SMILES string of the molecule is Cc1nn(C)c(C)c1CCC(=O)Nc1ccc(NC(=O)c2ccccc2F)cc1C(F)(F)F. The summed E-state index contributed by atoms with van der Waals surface area (Å²) in [4.78, 5) is 24.6. The van der Waals surface area contributed by atoms with Gasteiger partial charge in [0, 0.05) is 24.8 Å². The maximum Gasteiger partial charge on any atom is 0.418 e. The average Bonchev–Trinajstić information content (AvgIpc) is 2.98. The van der Waals surface area contributed by atoms with Gasteiger partial charge in [0.25, 0.3) is 5.91 Å². The van der Waals surface area contributed by atoms with Gasteiger partial charge in [-0.15, -0.1) is 0 Å². The number of nitrogens with zero attached hydrogens (tertiary/aromatic N) is 2. The maximum absolute atomic E-state index is 13.8. The highest BCUT2D eigenvalue weighted by Crippen LogP contribution is 2.37. The molecule has 33 heavy (non-hydrogen) atoms. The van der Waals surface area contributed by atoms with Gasteiger partial charge in [0.05, 0.1) is 22.5 Å². The van der Waals surface area contributed by atoms with Gasteiger partial charge in [0.15, 0.2) is 0 Å². The highest BCUT2D eigenvalue weighted by molar-refractivity contribution is 6.04. The van der Waals surface area contributed by atoms with Crippen LogP contribution in [0.25, 0.3) is 0 Å². The molecule has 174 valence electrons. The Morgan fingerprint density at radius 3 is 2.36 bits per heavy atom. The van der Waals surface area contributed by atoms with Crippen LogP contribution in [0.1, 0.15) is 39.3 Å². The average molecular weight is 462 g/mol. The van der Waals surface area contributed by atoms with Crippen LogP contribution in [0.15, 0.2) is 42.5 Å². The first kappa shape index (κ1) is 24.0. The summed E-state index contributed by atoms with van der Waals surface area (Å²) in [7, 11) is 1.77. The molecule has 0 fully saturated rings. The molecular weight excluding hydrogens is 440 g/mol. The summed E-state index contributed by atoms with van der Waals surface area (Å²) in [5, 5.41) is 8.81. The standard InChI is InChI=1S/C23H22F4N4O2/c1-13-16(14(2)31(3)30-13)9-11-21(32)29-20-10-8-15(12-18(20)23(25,26)27)28-22(33)17-6-4-5-7-19(17)24/h4-8,10,12H,9,11H2,1-3H3,(H,28,33)(H,29,32). The Kier molecular flexibility index (Phi) is 6.85. The Labute approximate surface area is 187 Å². The zero-order valence-electron chi connectivity index (χ0n) is 18.2. The van der Waals surface area contributed by atoms with Crippen LogP contribution < -0.4 is 10.6 Å². The number of benzene rings is 2. The van der Waals surface area contributed by atoms with E-state index in [4.69, 9.17) is 0 Å². The van der Waals surface area contributed by atoms with Crippen LogP contribution in [-0.4, -0.2) is 21.6 Å². The van der Waals surface area contributed by atoms with Crippen LogP contribution in [0.2, 0.25) is 0 Å². The van der Waals surface area contributed by atoms with E-state index in [9.17, 15) is 27.2 Å². The molecule has 0 aliphatic heterocycles. The number of rotatable bonds is 6. The fourth-order valence-electron chi connectivity index (χ4n) is 3.44. The topological polar surface area (TPSA) is 76.0 Å². The van der Waals surface area contributed by atoms with E-state index in [-0.39, 0.29) is 17.7 Å². The first-order valence-electron chi connectivity index (χ1n) is 10.0. The van der Waals surface area contributed by atoms with Gasteiger partial charge in [-0.05, 0) is 56.2 Å². The van der Waals surface area contributed by atoms with Gasteiger partial charge in [0.1, 0.15) is 5.82 Å². The van der Waals surface area contributed by atoms with Crippen molar-refractivity contribution in [1.29, 1.82) is 0 Å². The molecule has 0 aliphatic rings. The maximum atomic E-state index is 13.8. The minimum atomic E-state index is -4.79. The summed E-state index contributed by atoms with van der Waals surface area (Å²) in [5.74, 6) is -2.28. The fraction of sp³-hybridized carbons (Fsp3) is 0.261. The first-order chi connectivity index (χ1) is 15.5. The van der Waals surface area contributed by atoms with Crippen molar-refractivity contribution in [3.05, 3.63) is 76.4 Å². The fourth-order valence-corrected chi connectivity index (χ4v) is 3.44. The van der Waals surface area contributed by atoms with Crippen LogP contribution in [0.3, 0.4) is 0 Å². The summed E-state index contributed by atoms with van der Waals surface area (Å²) in [6, 6.07) is 8.08. The number of hydrogen-bond acceptors (Lipinski definition) is 3. The molecule has 0 saturated heterocycles. The van der Waals surface area contributed by atoms with Crippen molar-refractivity contribution in [1.82, 2.24) is 9.78 Å². The summed E-state index contributed by atoms with van der Waals surface area (Å²) in [5.41, 5.74) is 0.460. The number of carbonyl (C=O) groups excluding carboxylic acids is 2. The van der Waals surface area contributed by atoms with Crippen molar-refractivity contribution in [3.63, 3.8) is 0 Å². The van der Waals surface area contributed by atoms with E-state index in [1.54, 1.807) is 18.7 Å². The molecule has 1 heterocycles. The Balaban J connectivity index is 1.76. The molecule has 10 heteroatoms. The van der Waals surface area contributed by atoms with E-state index in [0.717, 1.165) is 29.1 Å². The smallest absolute Gasteiger partial charge is 0.325 e. The summed E-state index contributed by atoms with van der Waals surface area (Å²) in [6.45, 7) is 3.65. The lowest BCUT2D eigenvalue weighted by Crippen LogP contribution is -2.18. The lowest BCUT2D eigenvalue weighted by molar-refractivity contribution is -0.136. The number of hydrogen-bond donors (Lipinski definition) is 2. The van der Waals surface area contributed by atoms with Gasteiger partial charge in [-0.1, -0.05) is 12.1 Å². The summed E-state index contributed by atoms with van der Waals surface area (Å²) < 4.78 is 56.3. The van der Waals surface area contributed by atoms with Gasteiger partial charge in [-0.25, -0.2) is 4.39 Å². The van der Waals surface area contributed by atoms with Crippen molar-refractivity contribution >= 4 is 23.2 Å². The quantitative estimate of drug-likeness (QED) is 0.505. The van der Waals surface area contributed by atoms with Crippen LogP contribution in [-0.2, 0) is 24.4 Å². The molecule has 0 radical (unpaired) electrons. The molecule has 0 saturated carbocycles. The second kappa shape index (κ2) is 9.43. The summed E-state index contributed by atoms with van der Waals surface area (Å²) >= 11 is 0. The number of anilines is 2. The van der Waals surface area contributed by atoms with Crippen molar-refractivity contribution in [2.24, 2.45) is 7.05 Å². The monoisotopic (exact) mass is 462 g/mol. The van der Waals surface area contributed by atoms with E-state index in [2.05, 4.69) is 15.7 Å². The van der Waals surface area contributed by atoms with Gasteiger partial charge in [-0.2, -0.15) is 18.3 Å². The van der Waals surface area contributed by atoms with E-state index >= 15 is 0 Å². The minimum Gasteiger partial charge on any atom is -0.325 e. The van der Waals surface area contributed by atoms with Gasteiger partial charge < -0.3 is 10.6 Å². The minimum absolute atomic E-state index is 0.0313. The van der Waals surface area contributed by atoms with Gasteiger partial charge in [0.2, 0.25) is 5.91 Å². The normalized spacial score (nSPS) is 11.4. The second-order valence-corrected chi connectivity index (χ2v) is 7.51. The predicted molar refractivity (Wildman–Crippen MR) is 115 cm³/mol. The highest BCUT2D eigenvalue weighted by atomic mass is 19.4. The molecule has 3 rings (SSSR count). The molecular formula is C23H22F4N4O2. The Morgan fingerprint density at radius 1 is 1.06 bits per heavy atom. The van der Waals surface area contributed by atoms with Crippen LogP contribution in [0.5, 0.6) is 0 Å². The highest BCUT2D eigenvalue weighted by Gasteiger charge is 2.34. The number of nitrogens with one attached hydrogen (secondary N) is 2. The third-order valence-electron chi connectivity index (χ3n) is 5.24. The van der Waals surface area contributed by atoms with E-state index in [1.807, 2.05) is 6.92 Å². The largest absolute Gasteiger partial charge is 0.418 e. The Bertz CT molecular complexity index is 1200. The Morgan fingerprint density at radius 2 is 1.76 bits per heavy atom. The molecule has 2 amide bonds. The first-order valence-corrected chi connectivity index (χ1v) is 10.0. The van der Waals surface area contributed by atoms with E-state index in [1.165, 1.54) is 24.3 Å². The second-order valence-electron chi connectivity index (χ2n) is 7.51. The Hall–Kier alpha value is -3.69. The number of carbonyl (C=O) groups is 2. The van der Waals surface area contributed by atoms with Crippen molar-refractivity contribution in [2.75, 3.05) is 10.6 Å². The molecule has 6 nitrogen and oxygen atoms in total. The zero-order valence-corrected chi connectivity index (χ0v) is 18.2. The van der Waals surface area contributed by atoms with Crippen LogP contribution in [0.4, 0.5) is 28.9 Å². The van der Waals surface area contributed by atoms with Gasteiger partial charge >= 0.3 is 6.18 Å². The predicted octanol–water partition coefficient (Wildman–Crippen LogP) is 5.02. The lowest BCUT2D eigenvalue weighted by Gasteiger charge is -2.16. The van der Waals surface area contributed by atoms with Crippen LogP contribution >= 0.6 is 0 Å². The molecule has 0 unspecified atom stereocenters. The number of aryl methyl sites for hydroxylation is 2. The lowest BCUT2D eigenvalue weighted by atomic mass is 10.1.